The van der Waals surface area contributed by atoms with Crippen LogP contribution in [0.3, 0.4) is 0 Å². The zero-order chi connectivity index (χ0) is 20.1. The van der Waals surface area contributed by atoms with Crippen LogP contribution < -0.4 is 0 Å². The smallest absolute Gasteiger partial charge is 0.235 e. The highest BCUT2D eigenvalue weighted by atomic mass is 32.2. The van der Waals surface area contributed by atoms with E-state index in [4.69, 9.17) is 0 Å². The fourth-order valence-corrected chi connectivity index (χ4v) is 4.36. The number of aromatic nitrogens is 3. The normalized spacial score (nSPS) is 16.2. The van der Waals surface area contributed by atoms with Gasteiger partial charge in [-0.15, -0.1) is 16.8 Å². The molecule has 0 radical (unpaired) electrons. The minimum atomic E-state index is -0.202. The summed E-state index contributed by atoms with van der Waals surface area (Å²) in [5, 5.41) is 9.34. The number of piperazine rings is 1. The van der Waals surface area contributed by atoms with Crippen LogP contribution in [-0.4, -0.2) is 68.4 Å². The molecule has 1 atom stereocenters. The van der Waals surface area contributed by atoms with Gasteiger partial charge >= 0.3 is 0 Å². The van der Waals surface area contributed by atoms with Crippen molar-refractivity contribution in [3.63, 3.8) is 0 Å². The summed E-state index contributed by atoms with van der Waals surface area (Å²) in [6, 6.07) is 8.21. The topological polar surface area (TPSA) is 54.3 Å². The number of carbonyl (C=O) groups excluding carboxylic acids is 1. The molecule has 1 fully saturated rings. The van der Waals surface area contributed by atoms with E-state index in [1.165, 1.54) is 17.3 Å². The van der Waals surface area contributed by atoms with Crippen LogP contribution in [0.15, 0.2) is 42.1 Å². The van der Waals surface area contributed by atoms with Crippen molar-refractivity contribution in [1.82, 2.24) is 24.6 Å². The standard InChI is InChI=1S/C21H29N5OS/c1-5-10-26-19(18-9-7-8-16(3)15-18)22-23-21(26)28-17(4)20(27)25-13-11-24(6-2)12-14-25/h5,7-9,15,17H,1,6,10-14H2,2-4H3. The summed E-state index contributed by atoms with van der Waals surface area (Å²) in [6.45, 7) is 15.2. The lowest BCUT2D eigenvalue weighted by Crippen LogP contribution is -2.50. The molecular formula is C21H29N5OS. The average molecular weight is 400 g/mol. The Balaban J connectivity index is 1.74. The number of nitrogens with zero attached hydrogens (tertiary/aromatic N) is 5. The fraction of sp³-hybridized carbons (Fsp3) is 0.476. The highest BCUT2D eigenvalue weighted by Crippen LogP contribution is 2.28. The van der Waals surface area contributed by atoms with Crippen LogP contribution in [0.5, 0.6) is 0 Å². The van der Waals surface area contributed by atoms with E-state index in [0.29, 0.717) is 6.54 Å². The maximum atomic E-state index is 12.9. The number of rotatable bonds is 7. The SMILES string of the molecule is C=CCn1c(SC(C)C(=O)N2CCN(CC)CC2)nnc1-c1cccc(C)c1. The van der Waals surface area contributed by atoms with Gasteiger partial charge in [-0.1, -0.05) is 48.5 Å². The number of aryl methyl sites for hydroxylation is 1. The largest absolute Gasteiger partial charge is 0.339 e. The lowest BCUT2D eigenvalue weighted by Gasteiger charge is -2.35. The summed E-state index contributed by atoms with van der Waals surface area (Å²) in [7, 11) is 0. The molecule has 1 aliphatic rings. The minimum absolute atomic E-state index is 0.172. The molecule has 1 saturated heterocycles. The van der Waals surface area contributed by atoms with Gasteiger partial charge in [0.15, 0.2) is 11.0 Å². The first-order valence-corrected chi connectivity index (χ1v) is 10.7. The maximum Gasteiger partial charge on any atom is 0.235 e. The molecule has 1 aliphatic heterocycles. The van der Waals surface area contributed by atoms with Gasteiger partial charge in [0.05, 0.1) is 5.25 Å². The molecule has 0 aliphatic carbocycles. The summed E-state index contributed by atoms with van der Waals surface area (Å²) >= 11 is 1.47. The monoisotopic (exact) mass is 399 g/mol. The zero-order valence-corrected chi connectivity index (χ0v) is 17.8. The Kier molecular flexibility index (Phi) is 6.91. The van der Waals surface area contributed by atoms with E-state index in [0.717, 1.165) is 49.3 Å². The van der Waals surface area contributed by atoms with E-state index < -0.39 is 0 Å². The van der Waals surface area contributed by atoms with Crippen molar-refractivity contribution >= 4 is 17.7 Å². The van der Waals surface area contributed by atoms with Crippen LogP contribution in [0.1, 0.15) is 19.4 Å². The Bertz CT molecular complexity index is 826. The molecule has 0 saturated carbocycles. The van der Waals surface area contributed by atoms with Gasteiger partial charge in [0.1, 0.15) is 0 Å². The number of benzene rings is 1. The van der Waals surface area contributed by atoms with Crippen LogP contribution in [0.25, 0.3) is 11.4 Å². The van der Waals surface area contributed by atoms with Crippen LogP contribution in [0, 0.1) is 6.92 Å². The lowest BCUT2D eigenvalue weighted by molar-refractivity contribution is -0.132. The van der Waals surface area contributed by atoms with Crippen LogP contribution >= 0.6 is 11.8 Å². The van der Waals surface area contributed by atoms with Gasteiger partial charge in [0.25, 0.3) is 0 Å². The van der Waals surface area contributed by atoms with Gasteiger partial charge in [-0.05, 0) is 26.5 Å². The van der Waals surface area contributed by atoms with Crippen molar-refractivity contribution in [3.8, 4) is 11.4 Å². The molecule has 1 aromatic carbocycles. The Labute approximate surface area is 171 Å². The molecule has 150 valence electrons. The second kappa shape index (κ2) is 9.39. The molecule has 1 aromatic heterocycles. The van der Waals surface area contributed by atoms with E-state index in [9.17, 15) is 4.79 Å². The van der Waals surface area contributed by atoms with Gasteiger partial charge in [0, 0.05) is 38.3 Å². The van der Waals surface area contributed by atoms with Crippen molar-refractivity contribution in [2.75, 3.05) is 32.7 Å². The summed E-state index contributed by atoms with van der Waals surface area (Å²) in [6.07, 6.45) is 1.84. The first-order valence-electron chi connectivity index (χ1n) is 9.82. The highest BCUT2D eigenvalue weighted by Gasteiger charge is 2.27. The summed E-state index contributed by atoms with van der Waals surface area (Å²) in [5.74, 6) is 0.980. The minimum Gasteiger partial charge on any atom is -0.339 e. The Morgan fingerprint density at radius 1 is 1.29 bits per heavy atom. The Hall–Kier alpha value is -2.12. The van der Waals surface area contributed by atoms with E-state index >= 15 is 0 Å². The molecule has 2 aromatic rings. The van der Waals surface area contributed by atoms with Crippen molar-refractivity contribution in [3.05, 3.63) is 42.5 Å². The quantitative estimate of drug-likeness (QED) is 0.529. The number of hydrogen-bond acceptors (Lipinski definition) is 5. The molecule has 0 bridgehead atoms. The first kappa shape index (κ1) is 20.6. The van der Waals surface area contributed by atoms with Crippen LogP contribution in [0.4, 0.5) is 0 Å². The average Bonchev–Trinajstić information content (AvgIpc) is 3.10. The predicted octanol–water partition coefficient (Wildman–Crippen LogP) is 3.08. The number of carbonyl (C=O) groups is 1. The van der Waals surface area contributed by atoms with Crippen molar-refractivity contribution in [1.29, 1.82) is 0 Å². The number of hydrogen-bond donors (Lipinski definition) is 0. The lowest BCUT2D eigenvalue weighted by atomic mass is 10.1. The number of amides is 1. The second-order valence-electron chi connectivity index (χ2n) is 7.09. The van der Waals surface area contributed by atoms with Gasteiger partial charge in [0.2, 0.25) is 5.91 Å². The third-order valence-electron chi connectivity index (χ3n) is 5.07. The molecule has 1 unspecified atom stereocenters. The summed E-state index contributed by atoms with van der Waals surface area (Å²) in [4.78, 5) is 17.2. The molecule has 28 heavy (non-hydrogen) atoms. The van der Waals surface area contributed by atoms with Gasteiger partial charge in [-0.2, -0.15) is 0 Å². The number of allylic oxidation sites excluding steroid dienone is 1. The molecule has 2 heterocycles. The number of thioether (sulfide) groups is 1. The van der Waals surface area contributed by atoms with Gasteiger partial charge in [-0.3, -0.25) is 9.36 Å². The van der Waals surface area contributed by atoms with Gasteiger partial charge in [-0.25, -0.2) is 0 Å². The molecular weight excluding hydrogens is 370 g/mol. The van der Waals surface area contributed by atoms with E-state index in [1.807, 2.05) is 34.6 Å². The fourth-order valence-electron chi connectivity index (χ4n) is 3.42. The summed E-state index contributed by atoms with van der Waals surface area (Å²) in [5.41, 5.74) is 2.20. The molecule has 7 heteroatoms. The summed E-state index contributed by atoms with van der Waals surface area (Å²) < 4.78 is 2.03. The highest BCUT2D eigenvalue weighted by molar-refractivity contribution is 8.00. The zero-order valence-electron chi connectivity index (χ0n) is 17.0. The van der Waals surface area contributed by atoms with E-state index in [1.54, 1.807) is 0 Å². The number of likely N-dealkylation sites (N-methyl/N-ethyl adjacent to an activating group) is 1. The molecule has 6 nitrogen and oxygen atoms in total. The van der Waals surface area contributed by atoms with Crippen molar-refractivity contribution < 1.29 is 4.79 Å². The van der Waals surface area contributed by atoms with Crippen molar-refractivity contribution in [2.45, 2.75) is 37.7 Å². The van der Waals surface area contributed by atoms with Crippen LogP contribution in [-0.2, 0) is 11.3 Å². The Morgan fingerprint density at radius 2 is 2.04 bits per heavy atom. The third kappa shape index (κ3) is 4.64. The Morgan fingerprint density at radius 3 is 2.68 bits per heavy atom. The molecule has 3 rings (SSSR count). The van der Waals surface area contributed by atoms with Crippen molar-refractivity contribution in [2.24, 2.45) is 0 Å². The third-order valence-corrected chi connectivity index (χ3v) is 6.13. The molecule has 0 spiro atoms. The molecule has 1 amide bonds. The van der Waals surface area contributed by atoms with E-state index in [-0.39, 0.29) is 11.2 Å². The van der Waals surface area contributed by atoms with Gasteiger partial charge < -0.3 is 9.80 Å². The van der Waals surface area contributed by atoms with Crippen LogP contribution in [0.2, 0.25) is 0 Å². The first-order chi connectivity index (χ1) is 13.5. The molecule has 0 N–H and O–H groups in total. The predicted molar refractivity (Wildman–Crippen MR) is 114 cm³/mol. The van der Waals surface area contributed by atoms with E-state index in [2.05, 4.69) is 47.7 Å². The maximum absolute atomic E-state index is 12.9. The second-order valence-corrected chi connectivity index (χ2v) is 8.40.